The number of nitrogens with one attached hydrogen (secondary N) is 2. The van der Waals surface area contributed by atoms with E-state index in [9.17, 15) is 4.39 Å². The van der Waals surface area contributed by atoms with Crippen molar-refractivity contribution in [1.29, 1.82) is 0 Å². The molecule has 2 rings (SSSR count). The van der Waals surface area contributed by atoms with Crippen LogP contribution in [0.15, 0.2) is 24.4 Å². The van der Waals surface area contributed by atoms with Gasteiger partial charge in [0.25, 0.3) is 0 Å². The van der Waals surface area contributed by atoms with Gasteiger partial charge in [-0.05, 0) is 30.7 Å². The largest absolute Gasteiger partial charge is 0.345 e. The molecule has 0 unspecified atom stereocenters. The second-order valence-electron chi connectivity index (χ2n) is 4.44. The Morgan fingerprint density at radius 2 is 2.26 bits per heavy atom. The second kappa shape index (κ2) is 6.68. The number of imidazole rings is 1. The van der Waals surface area contributed by atoms with Crippen molar-refractivity contribution < 1.29 is 4.39 Å². The smallest absolute Gasteiger partial charge is 0.124 e. The normalized spacial score (nSPS) is 10.9. The van der Waals surface area contributed by atoms with Crippen LogP contribution in [0.3, 0.4) is 0 Å². The topological polar surface area (TPSA) is 40.7 Å². The Bertz CT molecular complexity index is 539. The number of benzene rings is 1. The summed E-state index contributed by atoms with van der Waals surface area (Å²) in [6, 6.07) is 4.42. The minimum Gasteiger partial charge on any atom is -0.345 e. The van der Waals surface area contributed by atoms with Crippen molar-refractivity contribution in [2.24, 2.45) is 0 Å². The van der Waals surface area contributed by atoms with Crippen LogP contribution in [0.1, 0.15) is 30.4 Å². The molecule has 0 atom stereocenters. The van der Waals surface area contributed by atoms with Crippen LogP contribution in [0, 0.1) is 5.82 Å². The number of hydrogen-bond donors (Lipinski definition) is 2. The number of aromatic nitrogens is 2. The van der Waals surface area contributed by atoms with E-state index in [2.05, 4.69) is 22.2 Å². The third-order valence-corrected chi connectivity index (χ3v) is 3.15. The van der Waals surface area contributed by atoms with Crippen LogP contribution in [-0.2, 0) is 13.0 Å². The summed E-state index contributed by atoms with van der Waals surface area (Å²) in [6.45, 7) is 3.89. The van der Waals surface area contributed by atoms with E-state index in [4.69, 9.17) is 11.6 Å². The van der Waals surface area contributed by atoms with Gasteiger partial charge >= 0.3 is 0 Å². The maximum absolute atomic E-state index is 12.9. The van der Waals surface area contributed by atoms with Gasteiger partial charge in [-0.1, -0.05) is 24.6 Å². The fourth-order valence-corrected chi connectivity index (χ4v) is 2.06. The van der Waals surface area contributed by atoms with Crippen molar-refractivity contribution in [3.63, 3.8) is 0 Å². The SMILES string of the molecule is CCCNCc1cnc(Cc2ccc(F)cc2Cl)[nH]1. The van der Waals surface area contributed by atoms with Crippen molar-refractivity contribution >= 4 is 11.6 Å². The molecule has 0 aliphatic carbocycles. The fourth-order valence-electron chi connectivity index (χ4n) is 1.83. The molecular weight excluding hydrogens is 265 g/mol. The van der Waals surface area contributed by atoms with Crippen LogP contribution in [0.5, 0.6) is 0 Å². The number of hydrogen-bond acceptors (Lipinski definition) is 2. The molecule has 0 saturated carbocycles. The Morgan fingerprint density at radius 1 is 1.42 bits per heavy atom. The molecule has 0 aliphatic heterocycles. The monoisotopic (exact) mass is 281 g/mol. The molecule has 1 heterocycles. The van der Waals surface area contributed by atoms with Crippen LogP contribution >= 0.6 is 11.6 Å². The van der Waals surface area contributed by atoms with Gasteiger partial charge in [-0.3, -0.25) is 0 Å². The zero-order chi connectivity index (χ0) is 13.7. The van der Waals surface area contributed by atoms with Crippen molar-refractivity contribution in [1.82, 2.24) is 15.3 Å². The van der Waals surface area contributed by atoms with Gasteiger partial charge in [0.2, 0.25) is 0 Å². The lowest BCUT2D eigenvalue weighted by Crippen LogP contribution is -2.13. The highest BCUT2D eigenvalue weighted by Gasteiger charge is 2.06. The average Bonchev–Trinajstić information content (AvgIpc) is 2.81. The van der Waals surface area contributed by atoms with E-state index in [0.29, 0.717) is 11.4 Å². The van der Waals surface area contributed by atoms with Gasteiger partial charge in [0.15, 0.2) is 0 Å². The Morgan fingerprint density at radius 3 is 3.00 bits per heavy atom. The third kappa shape index (κ3) is 4.04. The number of halogens is 2. The van der Waals surface area contributed by atoms with Crippen LogP contribution < -0.4 is 5.32 Å². The van der Waals surface area contributed by atoms with E-state index < -0.39 is 0 Å². The first-order valence-electron chi connectivity index (χ1n) is 6.36. The molecule has 0 amide bonds. The molecule has 1 aromatic heterocycles. The number of nitrogens with zero attached hydrogens (tertiary/aromatic N) is 1. The first-order valence-corrected chi connectivity index (χ1v) is 6.74. The Labute approximate surface area is 117 Å². The van der Waals surface area contributed by atoms with Crippen molar-refractivity contribution in [2.75, 3.05) is 6.54 Å². The van der Waals surface area contributed by atoms with E-state index in [0.717, 1.165) is 36.6 Å². The van der Waals surface area contributed by atoms with Crippen molar-refractivity contribution in [3.8, 4) is 0 Å². The molecule has 0 aliphatic rings. The predicted octanol–water partition coefficient (Wildman–Crippen LogP) is 3.29. The van der Waals surface area contributed by atoms with Crippen LogP contribution in [0.4, 0.5) is 4.39 Å². The summed E-state index contributed by atoms with van der Waals surface area (Å²) in [7, 11) is 0. The minimum absolute atomic E-state index is 0.322. The van der Waals surface area contributed by atoms with Gasteiger partial charge in [-0.2, -0.15) is 0 Å². The third-order valence-electron chi connectivity index (χ3n) is 2.80. The molecule has 19 heavy (non-hydrogen) atoms. The van der Waals surface area contributed by atoms with Gasteiger partial charge < -0.3 is 10.3 Å². The lowest BCUT2D eigenvalue weighted by Gasteiger charge is -2.02. The molecule has 0 bridgehead atoms. The highest BCUT2D eigenvalue weighted by Crippen LogP contribution is 2.19. The summed E-state index contributed by atoms with van der Waals surface area (Å²) in [5.41, 5.74) is 1.91. The first kappa shape index (κ1) is 14.0. The maximum atomic E-state index is 12.9. The molecular formula is C14H17ClFN3. The zero-order valence-corrected chi connectivity index (χ0v) is 11.6. The summed E-state index contributed by atoms with van der Waals surface area (Å²) in [5.74, 6) is 0.513. The molecule has 0 saturated heterocycles. The van der Waals surface area contributed by atoms with E-state index in [1.807, 2.05) is 6.20 Å². The predicted molar refractivity (Wildman–Crippen MR) is 74.8 cm³/mol. The molecule has 3 nitrogen and oxygen atoms in total. The fraction of sp³-hybridized carbons (Fsp3) is 0.357. The van der Waals surface area contributed by atoms with Gasteiger partial charge in [-0.15, -0.1) is 0 Å². The molecule has 102 valence electrons. The van der Waals surface area contributed by atoms with Crippen LogP contribution in [-0.4, -0.2) is 16.5 Å². The average molecular weight is 282 g/mol. The van der Waals surface area contributed by atoms with Gasteiger partial charge in [0, 0.05) is 29.9 Å². The highest BCUT2D eigenvalue weighted by molar-refractivity contribution is 6.31. The molecule has 2 aromatic rings. The quantitative estimate of drug-likeness (QED) is 0.798. The maximum Gasteiger partial charge on any atom is 0.124 e. The number of H-pyrrole nitrogens is 1. The summed E-state index contributed by atoms with van der Waals surface area (Å²) in [5, 5.41) is 3.73. The first-order chi connectivity index (χ1) is 9.19. The molecule has 0 spiro atoms. The Kier molecular flexibility index (Phi) is 4.93. The summed E-state index contributed by atoms with van der Waals surface area (Å²) < 4.78 is 12.9. The van der Waals surface area contributed by atoms with Gasteiger partial charge in [0.05, 0.1) is 0 Å². The molecule has 0 radical (unpaired) electrons. The zero-order valence-electron chi connectivity index (χ0n) is 10.8. The van der Waals surface area contributed by atoms with Crippen LogP contribution in [0.2, 0.25) is 5.02 Å². The molecule has 0 fully saturated rings. The van der Waals surface area contributed by atoms with E-state index in [-0.39, 0.29) is 5.82 Å². The molecule has 1 aromatic carbocycles. The summed E-state index contributed by atoms with van der Waals surface area (Å²) in [6.07, 6.45) is 3.49. The molecule has 2 N–H and O–H groups in total. The van der Waals surface area contributed by atoms with E-state index in [1.165, 1.54) is 12.1 Å². The molecule has 5 heteroatoms. The lowest BCUT2D eigenvalue weighted by molar-refractivity contribution is 0.627. The summed E-state index contributed by atoms with van der Waals surface area (Å²) in [4.78, 5) is 7.54. The highest BCUT2D eigenvalue weighted by atomic mass is 35.5. The van der Waals surface area contributed by atoms with Crippen LogP contribution in [0.25, 0.3) is 0 Å². The van der Waals surface area contributed by atoms with E-state index >= 15 is 0 Å². The van der Waals surface area contributed by atoms with Crippen molar-refractivity contribution in [3.05, 3.63) is 52.3 Å². The number of aromatic amines is 1. The number of rotatable bonds is 6. The Balaban J connectivity index is 1.99. The lowest BCUT2D eigenvalue weighted by atomic mass is 10.1. The van der Waals surface area contributed by atoms with Crippen molar-refractivity contribution in [2.45, 2.75) is 26.3 Å². The second-order valence-corrected chi connectivity index (χ2v) is 4.85. The minimum atomic E-state index is -0.322. The Hall–Kier alpha value is -1.39. The summed E-state index contributed by atoms with van der Waals surface area (Å²) >= 11 is 5.99. The standard InChI is InChI=1S/C14H17ClFN3/c1-2-5-17-8-12-9-18-14(19-12)6-10-3-4-11(16)7-13(10)15/h3-4,7,9,17H,2,5-6,8H2,1H3,(H,18,19). The van der Waals surface area contributed by atoms with E-state index in [1.54, 1.807) is 6.07 Å². The van der Waals surface area contributed by atoms with Gasteiger partial charge in [0.1, 0.15) is 11.6 Å². The van der Waals surface area contributed by atoms with Gasteiger partial charge in [-0.25, -0.2) is 9.37 Å².